The summed E-state index contributed by atoms with van der Waals surface area (Å²) in [6.45, 7) is 4.85. The molecule has 0 amide bonds. The maximum Gasteiger partial charge on any atom is 0.337 e. The molecule has 0 saturated heterocycles. The molecule has 0 aliphatic heterocycles. The first-order chi connectivity index (χ1) is 9.12. The molecule has 0 radical (unpaired) electrons. The van der Waals surface area contributed by atoms with Crippen LogP contribution in [0.15, 0.2) is 23.1 Å². The van der Waals surface area contributed by atoms with Gasteiger partial charge in [-0.25, -0.2) is 18.4 Å². The average Bonchev–Trinajstić information content (AvgIpc) is 2.33. The number of carboxylic acids is 1. The van der Waals surface area contributed by atoms with Crippen LogP contribution in [0.25, 0.3) is 0 Å². The van der Waals surface area contributed by atoms with Crippen molar-refractivity contribution in [3.63, 3.8) is 0 Å². The van der Waals surface area contributed by atoms with Gasteiger partial charge in [-0.05, 0) is 30.5 Å². The topological polar surface area (TPSA) is 101 Å². The molecule has 6 nitrogen and oxygen atoms in total. The molecule has 0 atom stereocenters. The number of sulfonamides is 1. The monoisotopic (exact) mass is 300 g/mol. The van der Waals surface area contributed by atoms with Crippen LogP contribution in [-0.2, 0) is 10.0 Å². The van der Waals surface area contributed by atoms with Gasteiger partial charge in [0.05, 0.1) is 16.1 Å². The van der Waals surface area contributed by atoms with Gasteiger partial charge in [0, 0.05) is 13.6 Å². The molecule has 20 heavy (non-hydrogen) atoms. The number of nitrogens with zero attached hydrogens (tertiary/aromatic N) is 1. The second-order valence-electron chi connectivity index (χ2n) is 5.13. The zero-order valence-electron chi connectivity index (χ0n) is 11.8. The number of carboxylic acid groups (broad SMARTS) is 1. The van der Waals surface area contributed by atoms with E-state index in [0.717, 1.165) is 12.5 Å². The van der Waals surface area contributed by atoms with Crippen molar-refractivity contribution in [2.24, 2.45) is 11.1 Å². The van der Waals surface area contributed by atoms with Crippen molar-refractivity contribution >= 4 is 21.7 Å². The summed E-state index contributed by atoms with van der Waals surface area (Å²) in [4.78, 5) is 12.9. The summed E-state index contributed by atoms with van der Waals surface area (Å²) >= 11 is 0. The number of primary sulfonamides is 1. The minimum Gasteiger partial charge on any atom is -0.478 e. The summed E-state index contributed by atoms with van der Waals surface area (Å²) in [5.41, 5.74) is 0.410. The number of hydrogen-bond donors (Lipinski definition) is 2. The van der Waals surface area contributed by atoms with Gasteiger partial charge in [-0.2, -0.15) is 0 Å². The number of carbonyl (C=O) groups is 1. The molecule has 7 heteroatoms. The zero-order valence-corrected chi connectivity index (χ0v) is 12.6. The quantitative estimate of drug-likeness (QED) is 0.829. The van der Waals surface area contributed by atoms with E-state index in [1.807, 2.05) is 0 Å². The van der Waals surface area contributed by atoms with E-state index >= 15 is 0 Å². The van der Waals surface area contributed by atoms with E-state index in [0.29, 0.717) is 18.2 Å². The predicted octanol–water partition coefficient (Wildman–Crippen LogP) is 1.51. The van der Waals surface area contributed by atoms with E-state index < -0.39 is 16.0 Å². The minimum absolute atomic E-state index is 0.0669. The van der Waals surface area contributed by atoms with Crippen molar-refractivity contribution in [1.29, 1.82) is 0 Å². The fraction of sp³-hybridized carbons (Fsp3) is 0.462. The molecule has 1 aromatic rings. The Kier molecular flexibility index (Phi) is 5.13. The molecule has 1 aromatic carbocycles. The Balaban J connectivity index is 3.17. The van der Waals surface area contributed by atoms with E-state index in [9.17, 15) is 18.3 Å². The number of rotatable bonds is 6. The highest BCUT2D eigenvalue weighted by molar-refractivity contribution is 7.89. The van der Waals surface area contributed by atoms with Gasteiger partial charge >= 0.3 is 5.97 Å². The van der Waals surface area contributed by atoms with Crippen LogP contribution in [0.2, 0.25) is 0 Å². The fourth-order valence-corrected chi connectivity index (χ4v) is 2.31. The molecule has 1 rings (SSSR count). The predicted molar refractivity (Wildman–Crippen MR) is 77.5 cm³/mol. The highest BCUT2D eigenvalue weighted by Gasteiger charge is 2.18. The number of hydrogen-bond acceptors (Lipinski definition) is 4. The van der Waals surface area contributed by atoms with Gasteiger partial charge in [-0.1, -0.05) is 13.8 Å². The van der Waals surface area contributed by atoms with E-state index in [2.05, 4.69) is 13.8 Å². The Hall–Kier alpha value is -1.60. The van der Waals surface area contributed by atoms with Gasteiger partial charge < -0.3 is 10.0 Å². The lowest BCUT2D eigenvalue weighted by atomic mass is 10.1. The molecule has 3 N–H and O–H groups in total. The molecular formula is C13H20N2O4S. The highest BCUT2D eigenvalue weighted by Crippen LogP contribution is 2.23. The third kappa shape index (κ3) is 4.21. The van der Waals surface area contributed by atoms with Crippen LogP contribution < -0.4 is 10.0 Å². The summed E-state index contributed by atoms with van der Waals surface area (Å²) in [7, 11) is -2.13. The Labute approximate surface area is 119 Å². The van der Waals surface area contributed by atoms with Gasteiger partial charge in [0.15, 0.2) is 0 Å². The van der Waals surface area contributed by atoms with Crippen LogP contribution in [-0.4, -0.2) is 33.1 Å². The van der Waals surface area contributed by atoms with Crippen molar-refractivity contribution in [3.8, 4) is 0 Å². The molecule has 0 heterocycles. The van der Waals surface area contributed by atoms with Gasteiger partial charge in [-0.15, -0.1) is 0 Å². The summed E-state index contributed by atoms with van der Waals surface area (Å²) < 4.78 is 22.6. The lowest BCUT2D eigenvalue weighted by Gasteiger charge is -2.22. The molecule has 0 unspecified atom stereocenters. The number of aromatic carboxylic acids is 1. The Bertz CT molecular complexity index is 596. The average molecular weight is 300 g/mol. The summed E-state index contributed by atoms with van der Waals surface area (Å²) in [6, 6.07) is 3.89. The molecule has 0 aromatic heterocycles. The molecule has 0 aliphatic rings. The lowest BCUT2D eigenvalue weighted by Crippen LogP contribution is -2.23. The molecule has 0 fully saturated rings. The Morgan fingerprint density at radius 3 is 2.45 bits per heavy atom. The van der Waals surface area contributed by atoms with Crippen LogP contribution in [0.5, 0.6) is 0 Å². The van der Waals surface area contributed by atoms with Gasteiger partial charge in [-0.3, -0.25) is 0 Å². The Morgan fingerprint density at radius 1 is 1.40 bits per heavy atom. The van der Waals surface area contributed by atoms with Crippen LogP contribution in [0.4, 0.5) is 5.69 Å². The van der Waals surface area contributed by atoms with Crippen molar-refractivity contribution in [3.05, 3.63) is 23.8 Å². The smallest absolute Gasteiger partial charge is 0.337 e. The van der Waals surface area contributed by atoms with E-state index in [4.69, 9.17) is 5.14 Å². The van der Waals surface area contributed by atoms with E-state index in [1.54, 1.807) is 11.9 Å². The standard InChI is InChI=1S/C13H20N2O4S/c1-9(2)6-7-15(3)12-5-4-10(20(14,18)19)8-11(12)13(16)17/h4-5,8-9H,6-7H2,1-3H3,(H,16,17)(H2,14,18,19). The van der Waals surface area contributed by atoms with Crippen molar-refractivity contribution in [2.75, 3.05) is 18.5 Å². The van der Waals surface area contributed by atoms with Crippen LogP contribution in [0, 0.1) is 5.92 Å². The normalized spacial score (nSPS) is 11.7. The molecule has 0 aliphatic carbocycles. The summed E-state index contributed by atoms with van der Waals surface area (Å²) in [6.07, 6.45) is 0.909. The number of anilines is 1. The maximum absolute atomic E-state index is 11.3. The van der Waals surface area contributed by atoms with Crippen LogP contribution >= 0.6 is 0 Å². The van der Waals surface area contributed by atoms with Crippen molar-refractivity contribution in [1.82, 2.24) is 0 Å². The second-order valence-corrected chi connectivity index (χ2v) is 6.69. The maximum atomic E-state index is 11.3. The Morgan fingerprint density at radius 2 is 2.00 bits per heavy atom. The van der Waals surface area contributed by atoms with Gasteiger partial charge in [0.1, 0.15) is 0 Å². The van der Waals surface area contributed by atoms with Crippen LogP contribution in [0.1, 0.15) is 30.6 Å². The molecule has 0 saturated carbocycles. The van der Waals surface area contributed by atoms with Crippen molar-refractivity contribution in [2.45, 2.75) is 25.2 Å². The summed E-state index contributed by atoms with van der Waals surface area (Å²) in [5.74, 6) is -0.684. The third-order valence-electron chi connectivity index (χ3n) is 2.98. The largest absolute Gasteiger partial charge is 0.478 e. The van der Waals surface area contributed by atoms with Crippen LogP contribution in [0.3, 0.4) is 0 Å². The first-order valence-corrected chi connectivity index (χ1v) is 7.79. The molecule has 0 bridgehead atoms. The molecule has 112 valence electrons. The van der Waals surface area contributed by atoms with E-state index in [1.165, 1.54) is 12.1 Å². The lowest BCUT2D eigenvalue weighted by molar-refractivity contribution is 0.0697. The number of benzene rings is 1. The zero-order chi connectivity index (χ0) is 15.5. The van der Waals surface area contributed by atoms with Gasteiger partial charge in [0.25, 0.3) is 0 Å². The minimum atomic E-state index is -3.91. The summed E-state index contributed by atoms with van der Waals surface area (Å²) in [5, 5.41) is 14.2. The SMILES string of the molecule is CC(C)CCN(C)c1ccc(S(N)(=O)=O)cc1C(=O)O. The highest BCUT2D eigenvalue weighted by atomic mass is 32.2. The second kappa shape index (κ2) is 6.23. The van der Waals surface area contributed by atoms with Gasteiger partial charge in [0.2, 0.25) is 10.0 Å². The van der Waals surface area contributed by atoms with Crippen molar-refractivity contribution < 1.29 is 18.3 Å². The molecule has 0 spiro atoms. The first-order valence-electron chi connectivity index (χ1n) is 6.24. The van der Waals surface area contributed by atoms with E-state index in [-0.39, 0.29) is 10.5 Å². The number of nitrogens with two attached hydrogens (primary N) is 1. The first kappa shape index (κ1) is 16.5. The molecular weight excluding hydrogens is 280 g/mol. The fourth-order valence-electron chi connectivity index (χ4n) is 1.77. The third-order valence-corrected chi connectivity index (χ3v) is 3.89.